The van der Waals surface area contributed by atoms with Crippen LogP contribution in [0.3, 0.4) is 0 Å². The molecule has 0 unspecified atom stereocenters. The Morgan fingerprint density at radius 3 is 2.50 bits per heavy atom. The maximum absolute atomic E-state index is 11.7. The third kappa shape index (κ3) is 2.20. The highest BCUT2D eigenvalue weighted by molar-refractivity contribution is 6.01. The molecule has 5 nitrogen and oxygen atoms in total. The standard InChI is InChI=1S/C11H10N4O/c1-8-4-2-5-12-9(8)15-11(16)10-13-6-3-7-14-10/h2-7H,1H3,(H,12,15,16). The normalized spacial score (nSPS) is 9.81. The van der Waals surface area contributed by atoms with Crippen molar-refractivity contribution in [2.24, 2.45) is 0 Å². The van der Waals surface area contributed by atoms with E-state index >= 15 is 0 Å². The second-order valence-corrected chi connectivity index (χ2v) is 3.20. The maximum Gasteiger partial charge on any atom is 0.294 e. The summed E-state index contributed by atoms with van der Waals surface area (Å²) >= 11 is 0. The number of carbonyl (C=O) groups is 1. The van der Waals surface area contributed by atoms with Crippen molar-refractivity contribution in [2.45, 2.75) is 6.92 Å². The number of rotatable bonds is 2. The van der Waals surface area contributed by atoms with Gasteiger partial charge in [0.25, 0.3) is 5.91 Å². The predicted molar refractivity (Wildman–Crippen MR) is 59.0 cm³/mol. The van der Waals surface area contributed by atoms with E-state index in [0.717, 1.165) is 5.56 Å². The summed E-state index contributed by atoms with van der Waals surface area (Å²) in [6, 6.07) is 5.33. The minimum atomic E-state index is -0.359. The largest absolute Gasteiger partial charge is 0.304 e. The molecule has 0 aliphatic heterocycles. The number of hydrogen-bond donors (Lipinski definition) is 1. The minimum Gasteiger partial charge on any atom is -0.304 e. The molecule has 1 N–H and O–H groups in total. The lowest BCUT2D eigenvalue weighted by atomic mass is 10.3. The fourth-order valence-corrected chi connectivity index (χ4v) is 1.20. The van der Waals surface area contributed by atoms with Gasteiger partial charge in [0.1, 0.15) is 5.82 Å². The van der Waals surface area contributed by atoms with Crippen molar-refractivity contribution in [2.75, 3.05) is 5.32 Å². The van der Waals surface area contributed by atoms with Crippen LogP contribution in [0, 0.1) is 6.92 Å². The zero-order valence-corrected chi connectivity index (χ0v) is 8.71. The number of carbonyl (C=O) groups excluding carboxylic acids is 1. The zero-order chi connectivity index (χ0) is 11.4. The van der Waals surface area contributed by atoms with Crippen LogP contribution in [0.25, 0.3) is 0 Å². The van der Waals surface area contributed by atoms with Crippen LogP contribution in [-0.4, -0.2) is 20.9 Å². The molecule has 1 amide bonds. The summed E-state index contributed by atoms with van der Waals surface area (Å²) < 4.78 is 0. The van der Waals surface area contributed by atoms with Gasteiger partial charge in [0.2, 0.25) is 5.82 Å². The van der Waals surface area contributed by atoms with Gasteiger partial charge < -0.3 is 5.32 Å². The van der Waals surface area contributed by atoms with E-state index in [1.54, 1.807) is 12.3 Å². The molecule has 0 aliphatic carbocycles. The molecular weight excluding hydrogens is 204 g/mol. The van der Waals surface area contributed by atoms with Gasteiger partial charge in [-0.25, -0.2) is 15.0 Å². The average Bonchev–Trinajstić information content (AvgIpc) is 2.33. The van der Waals surface area contributed by atoms with Crippen LogP contribution in [0.1, 0.15) is 16.2 Å². The van der Waals surface area contributed by atoms with Crippen molar-refractivity contribution in [3.05, 3.63) is 48.2 Å². The number of amides is 1. The molecule has 0 aromatic carbocycles. The van der Waals surface area contributed by atoms with Crippen LogP contribution < -0.4 is 5.32 Å². The first-order valence-electron chi connectivity index (χ1n) is 4.77. The molecule has 16 heavy (non-hydrogen) atoms. The summed E-state index contributed by atoms with van der Waals surface area (Å²) in [7, 11) is 0. The molecule has 0 aliphatic rings. The van der Waals surface area contributed by atoms with E-state index in [1.165, 1.54) is 12.4 Å². The summed E-state index contributed by atoms with van der Waals surface area (Å²) in [5.41, 5.74) is 0.895. The molecule has 2 aromatic heterocycles. The molecule has 2 aromatic rings. The Kier molecular flexibility index (Phi) is 2.86. The van der Waals surface area contributed by atoms with Gasteiger partial charge in [-0.2, -0.15) is 0 Å². The van der Waals surface area contributed by atoms with Gasteiger partial charge in [0.15, 0.2) is 0 Å². The van der Waals surface area contributed by atoms with E-state index in [-0.39, 0.29) is 11.7 Å². The summed E-state index contributed by atoms with van der Waals surface area (Å²) in [4.78, 5) is 23.5. The fourth-order valence-electron chi connectivity index (χ4n) is 1.20. The Morgan fingerprint density at radius 1 is 1.12 bits per heavy atom. The predicted octanol–water partition coefficient (Wildman–Crippen LogP) is 1.43. The number of aromatic nitrogens is 3. The number of nitrogens with one attached hydrogen (secondary N) is 1. The van der Waals surface area contributed by atoms with Crippen LogP contribution in [0.5, 0.6) is 0 Å². The van der Waals surface area contributed by atoms with Crippen LogP contribution in [-0.2, 0) is 0 Å². The van der Waals surface area contributed by atoms with Gasteiger partial charge >= 0.3 is 0 Å². The molecule has 0 saturated heterocycles. The van der Waals surface area contributed by atoms with Crippen LogP contribution >= 0.6 is 0 Å². The third-order valence-corrected chi connectivity index (χ3v) is 2.01. The fraction of sp³-hybridized carbons (Fsp3) is 0.0909. The summed E-state index contributed by atoms with van der Waals surface area (Å²) in [6.45, 7) is 1.87. The number of pyridine rings is 1. The molecule has 0 fully saturated rings. The second-order valence-electron chi connectivity index (χ2n) is 3.20. The molecule has 5 heteroatoms. The van der Waals surface area contributed by atoms with Crippen LogP contribution in [0.4, 0.5) is 5.82 Å². The summed E-state index contributed by atoms with van der Waals surface area (Å²) in [5.74, 6) is 0.301. The first-order valence-corrected chi connectivity index (χ1v) is 4.77. The Balaban J connectivity index is 2.18. The highest BCUT2D eigenvalue weighted by Gasteiger charge is 2.09. The van der Waals surface area contributed by atoms with Gasteiger partial charge in [0.05, 0.1) is 0 Å². The van der Waals surface area contributed by atoms with Gasteiger partial charge in [-0.15, -0.1) is 0 Å². The third-order valence-electron chi connectivity index (χ3n) is 2.01. The van der Waals surface area contributed by atoms with E-state index in [2.05, 4.69) is 20.3 Å². The number of hydrogen-bond acceptors (Lipinski definition) is 4. The zero-order valence-electron chi connectivity index (χ0n) is 8.71. The molecule has 2 rings (SSSR count). The summed E-state index contributed by atoms with van der Waals surface area (Å²) in [6.07, 6.45) is 4.66. The first-order chi connectivity index (χ1) is 7.77. The molecule has 0 saturated carbocycles. The lowest BCUT2D eigenvalue weighted by molar-refractivity contribution is 0.101. The topological polar surface area (TPSA) is 67.8 Å². The molecule has 0 bridgehead atoms. The number of anilines is 1. The van der Waals surface area contributed by atoms with Crippen molar-refractivity contribution >= 4 is 11.7 Å². The van der Waals surface area contributed by atoms with E-state index in [4.69, 9.17) is 0 Å². The molecule has 2 heterocycles. The SMILES string of the molecule is Cc1cccnc1NC(=O)c1ncccn1. The van der Waals surface area contributed by atoms with E-state index in [9.17, 15) is 4.79 Å². The Labute approximate surface area is 92.6 Å². The highest BCUT2D eigenvalue weighted by Crippen LogP contribution is 2.09. The quantitative estimate of drug-likeness (QED) is 0.821. The van der Waals surface area contributed by atoms with Crippen LogP contribution in [0.2, 0.25) is 0 Å². The molecular formula is C11H10N4O. The lowest BCUT2D eigenvalue weighted by Crippen LogP contribution is -2.16. The second kappa shape index (κ2) is 4.48. The van der Waals surface area contributed by atoms with E-state index in [0.29, 0.717) is 5.82 Å². The first kappa shape index (κ1) is 10.2. The van der Waals surface area contributed by atoms with Crippen molar-refractivity contribution < 1.29 is 4.79 Å². The van der Waals surface area contributed by atoms with Gasteiger partial charge in [-0.05, 0) is 24.6 Å². The van der Waals surface area contributed by atoms with E-state index < -0.39 is 0 Å². The molecule has 0 atom stereocenters. The Morgan fingerprint density at radius 2 is 1.81 bits per heavy atom. The van der Waals surface area contributed by atoms with Gasteiger partial charge in [0, 0.05) is 18.6 Å². The van der Waals surface area contributed by atoms with Crippen molar-refractivity contribution in [1.29, 1.82) is 0 Å². The van der Waals surface area contributed by atoms with Crippen molar-refractivity contribution in [3.8, 4) is 0 Å². The van der Waals surface area contributed by atoms with Crippen molar-refractivity contribution in [3.63, 3.8) is 0 Å². The Hall–Kier alpha value is -2.30. The molecule has 0 spiro atoms. The molecule has 0 radical (unpaired) electrons. The van der Waals surface area contributed by atoms with E-state index in [1.807, 2.05) is 19.1 Å². The average molecular weight is 214 g/mol. The maximum atomic E-state index is 11.7. The smallest absolute Gasteiger partial charge is 0.294 e. The molecule has 80 valence electrons. The van der Waals surface area contributed by atoms with Gasteiger partial charge in [-0.1, -0.05) is 6.07 Å². The monoisotopic (exact) mass is 214 g/mol. The van der Waals surface area contributed by atoms with Crippen molar-refractivity contribution in [1.82, 2.24) is 15.0 Å². The lowest BCUT2D eigenvalue weighted by Gasteiger charge is -2.05. The number of aryl methyl sites for hydroxylation is 1. The van der Waals surface area contributed by atoms with Crippen LogP contribution in [0.15, 0.2) is 36.8 Å². The minimum absolute atomic E-state index is 0.132. The Bertz CT molecular complexity index is 498. The van der Waals surface area contributed by atoms with Gasteiger partial charge in [-0.3, -0.25) is 4.79 Å². The summed E-state index contributed by atoms with van der Waals surface area (Å²) in [5, 5.41) is 2.65. The highest BCUT2D eigenvalue weighted by atomic mass is 16.2. The number of nitrogens with zero attached hydrogens (tertiary/aromatic N) is 3.